The maximum Gasteiger partial charge on any atom is 0.259 e. The molecule has 4 rings (SSSR count). The third-order valence-corrected chi connectivity index (χ3v) is 4.25. The van der Waals surface area contributed by atoms with E-state index >= 15 is 0 Å². The van der Waals surface area contributed by atoms with Crippen molar-refractivity contribution in [3.63, 3.8) is 0 Å². The van der Waals surface area contributed by atoms with Crippen molar-refractivity contribution in [3.05, 3.63) is 97.1 Å². The van der Waals surface area contributed by atoms with Crippen molar-refractivity contribution in [2.45, 2.75) is 0 Å². The fourth-order valence-electron chi connectivity index (χ4n) is 2.88. The van der Waals surface area contributed by atoms with Gasteiger partial charge in [0.25, 0.3) is 5.91 Å². The van der Waals surface area contributed by atoms with Gasteiger partial charge in [0.15, 0.2) is 0 Å². The molecule has 0 aliphatic carbocycles. The molecule has 0 atom stereocenters. The Kier molecular flexibility index (Phi) is 4.41. The molecule has 0 saturated heterocycles. The van der Waals surface area contributed by atoms with Crippen LogP contribution in [0.1, 0.15) is 10.4 Å². The number of carbonyl (C=O) groups is 1. The van der Waals surface area contributed by atoms with Crippen molar-refractivity contribution in [1.82, 2.24) is 9.55 Å². The van der Waals surface area contributed by atoms with Gasteiger partial charge < -0.3 is 15.0 Å². The molecular weight excluding hydrogens is 338 g/mol. The van der Waals surface area contributed by atoms with E-state index in [-0.39, 0.29) is 17.2 Å². The van der Waals surface area contributed by atoms with Crippen LogP contribution >= 0.6 is 0 Å². The van der Waals surface area contributed by atoms with Crippen LogP contribution in [0, 0.1) is 0 Å². The number of rotatable bonds is 4. The highest BCUT2D eigenvalue weighted by Gasteiger charge is 2.13. The lowest BCUT2D eigenvalue weighted by Gasteiger charge is -2.10. The number of nitrogens with zero attached hydrogens (tertiary/aromatic N) is 2. The van der Waals surface area contributed by atoms with Crippen molar-refractivity contribution >= 4 is 11.6 Å². The Balaban J connectivity index is 1.61. The molecular formula is C22H17N3O2. The van der Waals surface area contributed by atoms with E-state index in [1.165, 1.54) is 0 Å². The number of phenols is 1. The van der Waals surface area contributed by atoms with E-state index in [1.807, 2.05) is 59.3 Å². The van der Waals surface area contributed by atoms with Gasteiger partial charge in [0.05, 0.1) is 11.9 Å². The first-order valence-corrected chi connectivity index (χ1v) is 8.49. The second-order valence-corrected chi connectivity index (χ2v) is 6.07. The number of phenolic OH excluding ortho intramolecular Hbond substituents is 1. The minimum atomic E-state index is -0.368. The molecule has 132 valence electrons. The molecule has 27 heavy (non-hydrogen) atoms. The molecule has 0 unspecified atom stereocenters. The van der Waals surface area contributed by atoms with Gasteiger partial charge in [-0.2, -0.15) is 0 Å². The second kappa shape index (κ2) is 7.17. The summed E-state index contributed by atoms with van der Waals surface area (Å²) >= 11 is 0. The first kappa shape index (κ1) is 16.6. The summed E-state index contributed by atoms with van der Waals surface area (Å²) < 4.78 is 1.85. The summed E-state index contributed by atoms with van der Waals surface area (Å²) in [5.41, 5.74) is 3.59. The van der Waals surface area contributed by atoms with Crippen LogP contribution in [0.15, 0.2) is 91.5 Å². The number of imidazole rings is 1. The van der Waals surface area contributed by atoms with Gasteiger partial charge in [0, 0.05) is 23.8 Å². The first-order valence-electron chi connectivity index (χ1n) is 8.49. The fraction of sp³-hybridized carbons (Fsp3) is 0. The Morgan fingerprint density at radius 1 is 0.926 bits per heavy atom. The Morgan fingerprint density at radius 3 is 2.56 bits per heavy atom. The lowest BCUT2D eigenvalue weighted by atomic mass is 10.0. The molecule has 0 fully saturated rings. The predicted molar refractivity (Wildman–Crippen MR) is 105 cm³/mol. The number of hydrogen-bond donors (Lipinski definition) is 2. The smallest absolute Gasteiger partial charge is 0.259 e. The van der Waals surface area contributed by atoms with Gasteiger partial charge in [-0.05, 0) is 41.5 Å². The van der Waals surface area contributed by atoms with Crippen LogP contribution < -0.4 is 5.32 Å². The van der Waals surface area contributed by atoms with E-state index in [0.29, 0.717) is 5.69 Å². The van der Waals surface area contributed by atoms with E-state index in [0.717, 1.165) is 16.8 Å². The number of benzene rings is 3. The van der Waals surface area contributed by atoms with Crippen LogP contribution in [0.4, 0.5) is 5.69 Å². The van der Waals surface area contributed by atoms with Crippen LogP contribution in [0.3, 0.4) is 0 Å². The monoisotopic (exact) mass is 355 g/mol. The quantitative estimate of drug-likeness (QED) is 0.566. The summed E-state index contributed by atoms with van der Waals surface area (Å²) in [6.45, 7) is 0. The Morgan fingerprint density at radius 2 is 1.78 bits per heavy atom. The lowest BCUT2D eigenvalue weighted by Crippen LogP contribution is -2.12. The summed E-state index contributed by atoms with van der Waals surface area (Å²) in [5, 5.41) is 13.0. The maximum absolute atomic E-state index is 12.7. The highest BCUT2D eigenvalue weighted by Crippen LogP contribution is 2.27. The number of anilines is 1. The highest BCUT2D eigenvalue weighted by molar-refractivity contribution is 6.07. The zero-order valence-electron chi connectivity index (χ0n) is 14.4. The normalized spacial score (nSPS) is 10.5. The molecule has 0 aliphatic heterocycles. The summed E-state index contributed by atoms with van der Waals surface area (Å²) in [5.74, 6) is -0.425. The van der Waals surface area contributed by atoms with Gasteiger partial charge in [-0.25, -0.2) is 4.98 Å². The topological polar surface area (TPSA) is 67.2 Å². The Labute approximate surface area is 156 Å². The van der Waals surface area contributed by atoms with Crippen LogP contribution in [-0.2, 0) is 0 Å². The van der Waals surface area contributed by atoms with Crippen molar-refractivity contribution in [1.29, 1.82) is 0 Å². The number of aromatic hydroxyl groups is 1. The third-order valence-electron chi connectivity index (χ3n) is 4.25. The van der Waals surface area contributed by atoms with Gasteiger partial charge >= 0.3 is 0 Å². The third kappa shape index (κ3) is 3.57. The number of amides is 1. The van der Waals surface area contributed by atoms with E-state index in [1.54, 1.807) is 36.8 Å². The van der Waals surface area contributed by atoms with Crippen molar-refractivity contribution in [3.8, 4) is 22.6 Å². The molecule has 5 nitrogen and oxygen atoms in total. The zero-order chi connectivity index (χ0) is 18.6. The summed E-state index contributed by atoms with van der Waals surface area (Å²) in [6, 6.07) is 22.2. The predicted octanol–water partition coefficient (Wildman–Crippen LogP) is 4.50. The number of hydrogen-bond acceptors (Lipinski definition) is 3. The average molecular weight is 355 g/mol. The Bertz CT molecular complexity index is 1070. The molecule has 2 N–H and O–H groups in total. The van der Waals surface area contributed by atoms with Crippen molar-refractivity contribution in [2.24, 2.45) is 0 Å². The van der Waals surface area contributed by atoms with E-state index in [9.17, 15) is 9.90 Å². The van der Waals surface area contributed by atoms with Gasteiger partial charge in [0.2, 0.25) is 0 Å². The van der Waals surface area contributed by atoms with Crippen LogP contribution in [-0.4, -0.2) is 20.6 Å². The molecule has 3 aromatic carbocycles. The minimum absolute atomic E-state index is 0.0575. The zero-order valence-corrected chi connectivity index (χ0v) is 14.4. The second-order valence-electron chi connectivity index (χ2n) is 6.07. The number of nitrogens with one attached hydrogen (secondary N) is 1. The molecule has 0 aliphatic rings. The van der Waals surface area contributed by atoms with Crippen molar-refractivity contribution in [2.75, 3.05) is 5.32 Å². The SMILES string of the molecule is O=C(Nc1cccc(-n2ccnc2)c1)c1cc(-c2ccccc2)ccc1O. The van der Waals surface area contributed by atoms with Gasteiger partial charge in [0.1, 0.15) is 5.75 Å². The van der Waals surface area contributed by atoms with Crippen LogP contribution in [0.2, 0.25) is 0 Å². The molecule has 1 amide bonds. The summed E-state index contributed by atoms with van der Waals surface area (Å²) in [6.07, 6.45) is 5.21. The molecule has 0 saturated carbocycles. The largest absolute Gasteiger partial charge is 0.507 e. The summed E-state index contributed by atoms with van der Waals surface area (Å²) in [4.78, 5) is 16.8. The van der Waals surface area contributed by atoms with E-state index in [2.05, 4.69) is 10.3 Å². The van der Waals surface area contributed by atoms with Gasteiger partial charge in [-0.15, -0.1) is 0 Å². The number of aromatic nitrogens is 2. The molecule has 5 heteroatoms. The molecule has 0 radical (unpaired) electrons. The minimum Gasteiger partial charge on any atom is -0.507 e. The molecule has 1 aromatic heterocycles. The van der Waals surface area contributed by atoms with E-state index < -0.39 is 0 Å². The molecule has 0 spiro atoms. The Hall–Kier alpha value is -3.86. The lowest BCUT2D eigenvalue weighted by molar-refractivity contribution is 0.102. The maximum atomic E-state index is 12.7. The van der Waals surface area contributed by atoms with Crippen molar-refractivity contribution < 1.29 is 9.90 Å². The first-order chi connectivity index (χ1) is 13.2. The van der Waals surface area contributed by atoms with E-state index in [4.69, 9.17) is 0 Å². The average Bonchev–Trinajstić information content (AvgIpc) is 3.24. The molecule has 4 aromatic rings. The standard InChI is InChI=1S/C22H17N3O2/c26-21-10-9-17(16-5-2-1-3-6-16)13-20(21)22(27)24-18-7-4-8-19(14-18)25-12-11-23-15-25/h1-15,26H,(H,24,27). The molecule has 1 heterocycles. The van der Waals surface area contributed by atoms with Gasteiger partial charge in [-0.3, -0.25) is 4.79 Å². The fourth-order valence-corrected chi connectivity index (χ4v) is 2.88. The van der Waals surface area contributed by atoms with Gasteiger partial charge in [-0.1, -0.05) is 42.5 Å². The summed E-state index contributed by atoms with van der Waals surface area (Å²) in [7, 11) is 0. The van der Waals surface area contributed by atoms with Crippen LogP contribution in [0.25, 0.3) is 16.8 Å². The van der Waals surface area contributed by atoms with Crippen LogP contribution in [0.5, 0.6) is 5.75 Å². The molecule has 0 bridgehead atoms. The number of carbonyl (C=O) groups excluding carboxylic acids is 1. The highest BCUT2D eigenvalue weighted by atomic mass is 16.3.